The lowest BCUT2D eigenvalue weighted by Gasteiger charge is -2.29. The van der Waals surface area contributed by atoms with E-state index in [1.165, 1.54) is 16.8 Å². The highest BCUT2D eigenvalue weighted by molar-refractivity contribution is 7.80. The standard InChI is InChI=1S/C18H21NS/c1-14-11-16-9-5-6-10-18(16)19(14)12-17(13-20)15-7-3-2-4-8-15/h2-10,14,17,20H,11-13H2,1H3. The molecule has 1 aliphatic heterocycles. The molecule has 0 bridgehead atoms. The molecule has 0 fully saturated rings. The van der Waals surface area contributed by atoms with Gasteiger partial charge in [-0.3, -0.25) is 0 Å². The van der Waals surface area contributed by atoms with Crippen molar-refractivity contribution in [3.63, 3.8) is 0 Å². The molecule has 2 aromatic carbocycles. The highest BCUT2D eigenvalue weighted by Gasteiger charge is 2.27. The molecule has 0 saturated heterocycles. The van der Waals surface area contributed by atoms with E-state index in [-0.39, 0.29) is 0 Å². The van der Waals surface area contributed by atoms with Gasteiger partial charge in [-0.25, -0.2) is 0 Å². The Labute approximate surface area is 127 Å². The summed E-state index contributed by atoms with van der Waals surface area (Å²) in [6.07, 6.45) is 1.16. The van der Waals surface area contributed by atoms with Gasteiger partial charge in [0, 0.05) is 24.2 Å². The SMILES string of the molecule is CC1Cc2ccccc2N1CC(CS)c1ccccc1. The number of hydrogen-bond donors (Lipinski definition) is 1. The molecule has 20 heavy (non-hydrogen) atoms. The summed E-state index contributed by atoms with van der Waals surface area (Å²) in [5.74, 6) is 1.36. The van der Waals surface area contributed by atoms with E-state index < -0.39 is 0 Å². The number of fused-ring (bicyclic) bond motifs is 1. The van der Waals surface area contributed by atoms with Crippen LogP contribution in [0.1, 0.15) is 24.0 Å². The van der Waals surface area contributed by atoms with Crippen molar-refractivity contribution in [2.24, 2.45) is 0 Å². The normalized spacial score (nSPS) is 18.9. The van der Waals surface area contributed by atoms with Crippen LogP contribution in [0.2, 0.25) is 0 Å². The van der Waals surface area contributed by atoms with Crippen LogP contribution in [0.5, 0.6) is 0 Å². The van der Waals surface area contributed by atoms with E-state index >= 15 is 0 Å². The maximum Gasteiger partial charge on any atom is 0.0402 e. The molecule has 0 amide bonds. The van der Waals surface area contributed by atoms with Crippen molar-refractivity contribution in [1.82, 2.24) is 0 Å². The monoisotopic (exact) mass is 283 g/mol. The molecule has 2 heteroatoms. The van der Waals surface area contributed by atoms with E-state index in [4.69, 9.17) is 0 Å². The number of benzene rings is 2. The summed E-state index contributed by atoms with van der Waals surface area (Å²) in [4.78, 5) is 2.54. The van der Waals surface area contributed by atoms with Gasteiger partial charge in [-0.2, -0.15) is 12.6 Å². The molecule has 1 aliphatic rings. The van der Waals surface area contributed by atoms with Crippen LogP contribution in [-0.4, -0.2) is 18.3 Å². The highest BCUT2D eigenvalue weighted by Crippen LogP contribution is 2.34. The Morgan fingerprint density at radius 2 is 1.80 bits per heavy atom. The molecule has 1 nitrogen and oxygen atoms in total. The van der Waals surface area contributed by atoms with Gasteiger partial charge in [0.25, 0.3) is 0 Å². The largest absolute Gasteiger partial charge is 0.368 e. The Morgan fingerprint density at radius 3 is 2.55 bits per heavy atom. The molecule has 0 aromatic heterocycles. The number of para-hydroxylation sites is 1. The zero-order valence-electron chi connectivity index (χ0n) is 11.9. The van der Waals surface area contributed by atoms with Crippen molar-refractivity contribution in [3.05, 3.63) is 65.7 Å². The van der Waals surface area contributed by atoms with Gasteiger partial charge in [0.05, 0.1) is 0 Å². The zero-order valence-corrected chi connectivity index (χ0v) is 12.8. The van der Waals surface area contributed by atoms with E-state index in [0.717, 1.165) is 18.7 Å². The lowest BCUT2D eigenvalue weighted by atomic mass is 10.00. The summed E-state index contributed by atoms with van der Waals surface area (Å²) in [6.45, 7) is 3.37. The first kappa shape index (κ1) is 13.6. The second kappa shape index (κ2) is 5.92. The molecule has 3 rings (SSSR count). The minimum absolute atomic E-state index is 0.480. The third-order valence-electron chi connectivity index (χ3n) is 4.26. The quantitative estimate of drug-likeness (QED) is 0.825. The topological polar surface area (TPSA) is 3.24 Å². The minimum atomic E-state index is 0.480. The van der Waals surface area contributed by atoms with Gasteiger partial charge < -0.3 is 4.90 Å². The van der Waals surface area contributed by atoms with Crippen LogP contribution >= 0.6 is 12.6 Å². The van der Waals surface area contributed by atoms with Crippen LogP contribution < -0.4 is 4.90 Å². The summed E-state index contributed by atoms with van der Waals surface area (Å²) >= 11 is 4.57. The summed E-state index contributed by atoms with van der Waals surface area (Å²) in [7, 11) is 0. The third-order valence-corrected chi connectivity index (χ3v) is 4.70. The first-order chi connectivity index (χ1) is 9.79. The number of thiol groups is 1. The van der Waals surface area contributed by atoms with Gasteiger partial charge in [0.2, 0.25) is 0 Å². The second-order valence-electron chi connectivity index (χ2n) is 5.62. The summed E-state index contributed by atoms with van der Waals surface area (Å²) < 4.78 is 0. The fraction of sp³-hybridized carbons (Fsp3) is 0.333. The average Bonchev–Trinajstić information content (AvgIpc) is 2.81. The Kier molecular flexibility index (Phi) is 4.02. The van der Waals surface area contributed by atoms with Crippen LogP contribution in [0.3, 0.4) is 0 Å². The fourth-order valence-corrected chi connectivity index (χ4v) is 3.47. The molecule has 0 aliphatic carbocycles. The molecule has 0 N–H and O–H groups in total. The lowest BCUT2D eigenvalue weighted by Crippen LogP contribution is -2.34. The van der Waals surface area contributed by atoms with Crippen molar-refractivity contribution in [1.29, 1.82) is 0 Å². The maximum absolute atomic E-state index is 4.57. The van der Waals surface area contributed by atoms with Gasteiger partial charge >= 0.3 is 0 Å². The van der Waals surface area contributed by atoms with Crippen LogP contribution in [0.4, 0.5) is 5.69 Å². The molecule has 2 atom stereocenters. The van der Waals surface area contributed by atoms with Crippen molar-refractivity contribution in [2.75, 3.05) is 17.2 Å². The van der Waals surface area contributed by atoms with Crippen LogP contribution in [0.25, 0.3) is 0 Å². The molecule has 0 spiro atoms. The van der Waals surface area contributed by atoms with E-state index in [2.05, 4.69) is 79.0 Å². The fourth-order valence-electron chi connectivity index (χ4n) is 3.14. The van der Waals surface area contributed by atoms with Gasteiger partial charge in [-0.15, -0.1) is 0 Å². The third kappa shape index (κ3) is 2.57. The Balaban J connectivity index is 1.83. The predicted molar refractivity (Wildman–Crippen MR) is 90.0 cm³/mol. The molecule has 104 valence electrons. The van der Waals surface area contributed by atoms with Crippen LogP contribution in [0.15, 0.2) is 54.6 Å². The number of rotatable bonds is 4. The van der Waals surface area contributed by atoms with Crippen molar-refractivity contribution in [3.8, 4) is 0 Å². The molecular formula is C18H21NS. The second-order valence-corrected chi connectivity index (χ2v) is 5.99. The van der Waals surface area contributed by atoms with E-state index in [1.54, 1.807) is 0 Å². The Morgan fingerprint density at radius 1 is 1.10 bits per heavy atom. The van der Waals surface area contributed by atoms with Crippen molar-refractivity contribution in [2.45, 2.75) is 25.3 Å². The van der Waals surface area contributed by atoms with E-state index in [9.17, 15) is 0 Å². The lowest BCUT2D eigenvalue weighted by molar-refractivity contribution is 0.627. The summed E-state index contributed by atoms with van der Waals surface area (Å²) in [5, 5.41) is 0. The minimum Gasteiger partial charge on any atom is -0.368 e. The molecule has 0 saturated carbocycles. The molecular weight excluding hydrogens is 262 g/mol. The Bertz CT molecular complexity index is 567. The molecule has 2 unspecified atom stereocenters. The first-order valence-electron chi connectivity index (χ1n) is 7.30. The maximum atomic E-state index is 4.57. The van der Waals surface area contributed by atoms with Crippen molar-refractivity contribution >= 4 is 18.3 Å². The average molecular weight is 283 g/mol. The van der Waals surface area contributed by atoms with E-state index in [0.29, 0.717) is 12.0 Å². The van der Waals surface area contributed by atoms with Gasteiger partial charge in [0.1, 0.15) is 0 Å². The summed E-state index contributed by atoms with van der Waals surface area (Å²) in [5.41, 5.74) is 4.27. The smallest absolute Gasteiger partial charge is 0.0402 e. The number of anilines is 1. The first-order valence-corrected chi connectivity index (χ1v) is 7.93. The van der Waals surface area contributed by atoms with Crippen LogP contribution in [-0.2, 0) is 6.42 Å². The van der Waals surface area contributed by atoms with Crippen molar-refractivity contribution < 1.29 is 0 Å². The predicted octanol–water partition coefficient (Wildman–Crippen LogP) is 4.15. The van der Waals surface area contributed by atoms with Gasteiger partial charge in [-0.1, -0.05) is 48.5 Å². The molecule has 0 radical (unpaired) electrons. The molecule has 2 aromatic rings. The molecule has 1 heterocycles. The van der Waals surface area contributed by atoms with Crippen LogP contribution in [0, 0.1) is 0 Å². The number of nitrogens with zero attached hydrogens (tertiary/aromatic N) is 1. The number of hydrogen-bond acceptors (Lipinski definition) is 2. The van der Waals surface area contributed by atoms with Gasteiger partial charge in [0.15, 0.2) is 0 Å². The Hall–Kier alpha value is -1.41. The van der Waals surface area contributed by atoms with E-state index in [1.807, 2.05) is 0 Å². The zero-order chi connectivity index (χ0) is 13.9. The summed E-state index contributed by atoms with van der Waals surface area (Å²) in [6, 6.07) is 20.1. The van der Waals surface area contributed by atoms with Gasteiger partial charge in [-0.05, 0) is 36.3 Å². The highest BCUT2D eigenvalue weighted by atomic mass is 32.1.